The van der Waals surface area contributed by atoms with E-state index in [9.17, 15) is 0 Å². The lowest BCUT2D eigenvalue weighted by Crippen LogP contribution is -2.21. The van der Waals surface area contributed by atoms with E-state index in [4.69, 9.17) is 0 Å². The summed E-state index contributed by atoms with van der Waals surface area (Å²) in [4.78, 5) is 2.41. The number of hydrogen-bond donors (Lipinski definition) is 0. The SMILES string of the molecule is C/C=C\C=C/C/C(=C\CC)N(C1=CC=CC(C)C=C1)C1=CCCC=C1. The quantitative estimate of drug-likeness (QED) is 0.454. The Bertz CT molecular complexity index is 662. The van der Waals surface area contributed by atoms with Crippen molar-refractivity contribution in [2.24, 2.45) is 5.92 Å². The molecule has 1 nitrogen and oxygen atoms in total. The highest BCUT2D eigenvalue weighted by molar-refractivity contribution is 5.39. The van der Waals surface area contributed by atoms with E-state index in [-0.39, 0.29) is 0 Å². The number of hydrogen-bond acceptors (Lipinski definition) is 1. The fourth-order valence-electron chi connectivity index (χ4n) is 2.97. The molecule has 0 aromatic carbocycles. The molecule has 1 unspecified atom stereocenters. The Labute approximate surface area is 153 Å². The third-order valence-electron chi connectivity index (χ3n) is 4.24. The van der Waals surface area contributed by atoms with E-state index in [0.29, 0.717) is 5.92 Å². The molecule has 1 atom stereocenters. The molecule has 0 saturated heterocycles. The Hall–Kier alpha value is -2.28. The van der Waals surface area contributed by atoms with Crippen molar-refractivity contribution < 1.29 is 0 Å². The van der Waals surface area contributed by atoms with Crippen molar-refractivity contribution in [1.29, 1.82) is 0 Å². The number of nitrogens with zero attached hydrogens (tertiary/aromatic N) is 1. The van der Waals surface area contributed by atoms with Crippen LogP contribution in [0, 0.1) is 5.92 Å². The van der Waals surface area contributed by atoms with Crippen molar-refractivity contribution in [3.8, 4) is 0 Å². The lowest BCUT2D eigenvalue weighted by atomic mass is 10.1. The first-order chi connectivity index (χ1) is 12.3. The first kappa shape index (κ1) is 19.1. The van der Waals surface area contributed by atoms with Gasteiger partial charge in [-0.1, -0.05) is 74.6 Å². The van der Waals surface area contributed by atoms with E-state index in [0.717, 1.165) is 25.7 Å². The van der Waals surface area contributed by atoms with Crippen LogP contribution in [0.2, 0.25) is 0 Å². The molecular formula is C24H31N. The largest absolute Gasteiger partial charge is 0.315 e. The van der Waals surface area contributed by atoms with Gasteiger partial charge in [-0.2, -0.15) is 0 Å². The molecule has 0 radical (unpaired) electrons. The highest BCUT2D eigenvalue weighted by atomic mass is 15.2. The molecule has 0 fully saturated rings. The van der Waals surface area contributed by atoms with Gasteiger partial charge in [0.2, 0.25) is 0 Å². The highest BCUT2D eigenvalue weighted by Gasteiger charge is 2.16. The lowest BCUT2D eigenvalue weighted by molar-refractivity contribution is 0.537. The summed E-state index contributed by atoms with van der Waals surface area (Å²) in [6, 6.07) is 0. The number of rotatable bonds is 7. The molecule has 0 aromatic heterocycles. The lowest BCUT2D eigenvalue weighted by Gasteiger charge is -2.30. The molecule has 0 saturated carbocycles. The fourth-order valence-corrected chi connectivity index (χ4v) is 2.97. The van der Waals surface area contributed by atoms with Crippen molar-refractivity contribution in [3.05, 3.63) is 96.1 Å². The average Bonchev–Trinajstić information content (AvgIpc) is 2.84. The van der Waals surface area contributed by atoms with Crippen LogP contribution in [-0.4, -0.2) is 4.90 Å². The first-order valence-electron chi connectivity index (χ1n) is 9.46. The van der Waals surface area contributed by atoms with Crippen LogP contribution in [0.5, 0.6) is 0 Å². The zero-order valence-electron chi connectivity index (χ0n) is 15.9. The summed E-state index contributed by atoms with van der Waals surface area (Å²) in [5, 5.41) is 0. The van der Waals surface area contributed by atoms with E-state index in [1.54, 1.807) is 0 Å². The van der Waals surface area contributed by atoms with Gasteiger partial charge in [0.15, 0.2) is 0 Å². The zero-order chi connectivity index (χ0) is 17.9. The van der Waals surface area contributed by atoms with Gasteiger partial charge in [-0.15, -0.1) is 0 Å². The first-order valence-corrected chi connectivity index (χ1v) is 9.46. The molecular weight excluding hydrogens is 302 g/mol. The van der Waals surface area contributed by atoms with E-state index in [1.807, 2.05) is 6.92 Å². The molecule has 25 heavy (non-hydrogen) atoms. The standard InChI is InChI=1S/C24H31N/c1-4-6-7-9-15-22(13-5-2)25(23-16-10-8-11-17-23)24-18-12-14-21(3)19-20-24/h4,6-7,9-10,12-14,16-21H,5,8,11,15H2,1-3H3/b6-4-,9-7-,22-13+. The Morgan fingerprint density at radius 1 is 1.16 bits per heavy atom. The molecule has 2 rings (SSSR count). The van der Waals surface area contributed by atoms with Gasteiger partial charge in [0.1, 0.15) is 0 Å². The molecule has 0 heterocycles. The Kier molecular flexibility index (Phi) is 8.04. The van der Waals surface area contributed by atoms with Crippen molar-refractivity contribution >= 4 is 0 Å². The highest BCUT2D eigenvalue weighted by Crippen LogP contribution is 2.29. The van der Waals surface area contributed by atoms with E-state index < -0.39 is 0 Å². The number of allylic oxidation sites excluding steroid dienone is 13. The van der Waals surface area contributed by atoms with Crippen molar-refractivity contribution in [1.82, 2.24) is 4.90 Å². The Balaban J connectivity index is 2.38. The maximum absolute atomic E-state index is 2.41. The van der Waals surface area contributed by atoms with Gasteiger partial charge in [-0.05, 0) is 50.3 Å². The molecule has 0 aromatic rings. The van der Waals surface area contributed by atoms with E-state index in [1.165, 1.54) is 17.1 Å². The second-order valence-electron chi connectivity index (χ2n) is 6.40. The summed E-state index contributed by atoms with van der Waals surface area (Å²) in [5.74, 6) is 0.472. The van der Waals surface area contributed by atoms with Gasteiger partial charge in [0.25, 0.3) is 0 Å². The van der Waals surface area contributed by atoms with Gasteiger partial charge < -0.3 is 4.90 Å². The molecule has 0 aliphatic heterocycles. The summed E-state index contributed by atoms with van der Waals surface area (Å²) in [7, 11) is 0. The monoisotopic (exact) mass is 333 g/mol. The van der Waals surface area contributed by atoms with Gasteiger partial charge in [0, 0.05) is 23.5 Å². The van der Waals surface area contributed by atoms with Gasteiger partial charge >= 0.3 is 0 Å². The minimum Gasteiger partial charge on any atom is -0.315 e. The predicted molar refractivity (Wildman–Crippen MR) is 111 cm³/mol. The summed E-state index contributed by atoms with van der Waals surface area (Å²) < 4.78 is 0. The summed E-state index contributed by atoms with van der Waals surface area (Å²) in [6.45, 7) is 6.47. The van der Waals surface area contributed by atoms with E-state index >= 15 is 0 Å². The minimum atomic E-state index is 0.472. The molecule has 0 N–H and O–H groups in total. The molecule has 132 valence electrons. The smallest absolute Gasteiger partial charge is 0.0455 e. The van der Waals surface area contributed by atoms with E-state index in [2.05, 4.69) is 97.7 Å². The summed E-state index contributed by atoms with van der Waals surface area (Å²) >= 11 is 0. The molecule has 2 aliphatic carbocycles. The van der Waals surface area contributed by atoms with Crippen LogP contribution in [-0.2, 0) is 0 Å². The van der Waals surface area contributed by atoms with Crippen LogP contribution < -0.4 is 0 Å². The van der Waals surface area contributed by atoms with Crippen molar-refractivity contribution in [2.45, 2.75) is 46.5 Å². The molecule has 0 amide bonds. The normalized spacial score (nSPS) is 20.9. The molecule has 1 heteroatoms. The molecule has 0 spiro atoms. The van der Waals surface area contributed by atoms with Gasteiger partial charge in [-0.3, -0.25) is 0 Å². The Morgan fingerprint density at radius 3 is 2.76 bits per heavy atom. The third kappa shape index (κ3) is 5.94. The maximum Gasteiger partial charge on any atom is 0.0455 e. The van der Waals surface area contributed by atoms with Crippen molar-refractivity contribution in [2.75, 3.05) is 0 Å². The van der Waals surface area contributed by atoms with Crippen LogP contribution in [0.4, 0.5) is 0 Å². The third-order valence-corrected chi connectivity index (χ3v) is 4.24. The predicted octanol–water partition coefficient (Wildman–Crippen LogP) is 6.98. The molecule has 2 aliphatic rings. The molecule has 0 bridgehead atoms. The van der Waals surface area contributed by atoms with Crippen LogP contribution >= 0.6 is 0 Å². The summed E-state index contributed by atoms with van der Waals surface area (Å²) in [6.07, 6.45) is 33.1. The zero-order valence-corrected chi connectivity index (χ0v) is 15.9. The van der Waals surface area contributed by atoms with Crippen LogP contribution in [0.25, 0.3) is 0 Å². The minimum absolute atomic E-state index is 0.472. The van der Waals surface area contributed by atoms with Crippen LogP contribution in [0.3, 0.4) is 0 Å². The Morgan fingerprint density at radius 2 is 2.04 bits per heavy atom. The second-order valence-corrected chi connectivity index (χ2v) is 6.40. The van der Waals surface area contributed by atoms with Crippen LogP contribution in [0.1, 0.15) is 46.5 Å². The summed E-state index contributed by atoms with van der Waals surface area (Å²) in [5.41, 5.74) is 3.85. The fraction of sp³-hybridized carbons (Fsp3) is 0.333. The maximum atomic E-state index is 2.41. The van der Waals surface area contributed by atoms with Gasteiger partial charge in [0.05, 0.1) is 0 Å². The topological polar surface area (TPSA) is 3.24 Å². The average molecular weight is 334 g/mol. The van der Waals surface area contributed by atoms with Crippen LogP contribution in [0.15, 0.2) is 96.1 Å². The second kappa shape index (κ2) is 10.6. The van der Waals surface area contributed by atoms with Crippen molar-refractivity contribution in [3.63, 3.8) is 0 Å². The van der Waals surface area contributed by atoms with Gasteiger partial charge in [-0.25, -0.2) is 0 Å².